The van der Waals surface area contributed by atoms with E-state index in [4.69, 9.17) is 32.5 Å². The second-order valence-corrected chi connectivity index (χ2v) is 9.45. The van der Waals surface area contributed by atoms with E-state index < -0.39 is 0 Å². The summed E-state index contributed by atoms with van der Waals surface area (Å²) >= 11 is 12.5. The van der Waals surface area contributed by atoms with Crippen LogP contribution in [0.3, 0.4) is 0 Å². The van der Waals surface area contributed by atoms with E-state index in [0.717, 1.165) is 24.9 Å². The zero-order valence-electron chi connectivity index (χ0n) is 19.4. The molecule has 0 bridgehead atoms. The van der Waals surface area contributed by atoms with Crippen LogP contribution in [0.2, 0.25) is 10.0 Å². The number of hydrogen-bond acceptors (Lipinski definition) is 6. The molecule has 1 aromatic heterocycles. The van der Waals surface area contributed by atoms with Crippen molar-refractivity contribution in [2.75, 3.05) is 18.4 Å². The van der Waals surface area contributed by atoms with E-state index in [1.165, 1.54) is 0 Å². The predicted molar refractivity (Wildman–Crippen MR) is 139 cm³/mol. The largest absolute Gasteiger partial charge is 0.455 e. The number of amides is 1. The molecule has 0 spiro atoms. The van der Waals surface area contributed by atoms with Crippen LogP contribution in [-0.4, -0.2) is 34.0 Å². The van der Waals surface area contributed by atoms with E-state index >= 15 is 0 Å². The first kappa shape index (κ1) is 24.3. The number of ether oxygens (including phenoxy) is 1. The van der Waals surface area contributed by atoms with Gasteiger partial charge in [-0.3, -0.25) is 9.69 Å². The molecule has 7 nitrogen and oxygen atoms in total. The monoisotopic (exact) mass is 522 g/mol. The van der Waals surface area contributed by atoms with E-state index in [-0.39, 0.29) is 11.8 Å². The molecule has 1 atom stereocenters. The van der Waals surface area contributed by atoms with Crippen molar-refractivity contribution >= 4 is 34.8 Å². The lowest BCUT2D eigenvalue weighted by Gasteiger charge is -2.31. The fraction of sp³-hybridized carbons (Fsp3) is 0.222. The minimum absolute atomic E-state index is 0.0813. The number of hydrogen-bond donors (Lipinski definition) is 1. The van der Waals surface area contributed by atoms with Crippen LogP contribution < -0.4 is 10.1 Å². The fourth-order valence-corrected chi connectivity index (χ4v) is 4.61. The van der Waals surface area contributed by atoms with Gasteiger partial charge in [0.05, 0.1) is 23.2 Å². The van der Waals surface area contributed by atoms with Gasteiger partial charge in [-0.25, -0.2) is 0 Å². The molecular weight excluding hydrogens is 499 g/mol. The summed E-state index contributed by atoms with van der Waals surface area (Å²) in [6, 6.07) is 22.0. The molecule has 4 aromatic rings. The first-order valence-corrected chi connectivity index (χ1v) is 12.4. The van der Waals surface area contributed by atoms with Gasteiger partial charge in [0, 0.05) is 17.1 Å². The number of benzene rings is 3. The Hall–Kier alpha value is -3.39. The smallest absolute Gasteiger partial charge is 0.241 e. The molecule has 3 aromatic carbocycles. The Morgan fingerprint density at radius 2 is 1.89 bits per heavy atom. The van der Waals surface area contributed by atoms with Crippen molar-refractivity contribution < 1.29 is 14.1 Å². The second-order valence-electron chi connectivity index (χ2n) is 8.61. The maximum atomic E-state index is 13.2. The van der Waals surface area contributed by atoms with Crippen LogP contribution in [0.15, 0.2) is 77.3 Å². The Kier molecular flexibility index (Phi) is 7.51. The zero-order chi connectivity index (χ0) is 24.9. The maximum Gasteiger partial charge on any atom is 0.241 e. The van der Waals surface area contributed by atoms with Gasteiger partial charge in [-0.15, -0.1) is 0 Å². The van der Waals surface area contributed by atoms with E-state index in [1.807, 2.05) is 48.5 Å². The molecule has 2 heterocycles. The molecule has 1 amide bonds. The maximum absolute atomic E-state index is 13.2. The summed E-state index contributed by atoms with van der Waals surface area (Å²) in [5.74, 6) is 1.86. The summed E-state index contributed by atoms with van der Waals surface area (Å²) in [7, 11) is 0. The van der Waals surface area contributed by atoms with Gasteiger partial charge < -0.3 is 14.6 Å². The second kappa shape index (κ2) is 11.1. The van der Waals surface area contributed by atoms with Gasteiger partial charge in [-0.05, 0) is 61.9 Å². The van der Waals surface area contributed by atoms with Crippen molar-refractivity contribution in [3.63, 3.8) is 0 Å². The number of aromatic nitrogens is 2. The molecule has 0 saturated carbocycles. The highest BCUT2D eigenvalue weighted by Gasteiger charge is 2.28. The molecule has 36 heavy (non-hydrogen) atoms. The number of piperidine rings is 1. The Bertz CT molecular complexity index is 1350. The van der Waals surface area contributed by atoms with Crippen molar-refractivity contribution in [1.82, 2.24) is 15.0 Å². The van der Waals surface area contributed by atoms with Crippen molar-refractivity contribution in [2.24, 2.45) is 5.92 Å². The molecule has 1 aliphatic rings. The van der Waals surface area contributed by atoms with Gasteiger partial charge in [0.1, 0.15) is 5.75 Å². The molecule has 5 rings (SSSR count). The van der Waals surface area contributed by atoms with E-state index in [2.05, 4.69) is 20.4 Å². The third-order valence-corrected chi connectivity index (χ3v) is 6.55. The van der Waals surface area contributed by atoms with Crippen LogP contribution in [-0.2, 0) is 11.3 Å². The number of para-hydroxylation sites is 1. The molecular formula is C27H24Cl2N4O3. The zero-order valence-corrected chi connectivity index (χ0v) is 20.9. The average molecular weight is 523 g/mol. The number of halogens is 2. The fourth-order valence-electron chi connectivity index (χ4n) is 4.21. The lowest BCUT2D eigenvalue weighted by Crippen LogP contribution is -2.40. The Morgan fingerprint density at radius 3 is 2.72 bits per heavy atom. The van der Waals surface area contributed by atoms with Gasteiger partial charge >= 0.3 is 0 Å². The summed E-state index contributed by atoms with van der Waals surface area (Å²) in [5, 5.41) is 8.17. The van der Waals surface area contributed by atoms with Gasteiger partial charge in [0.15, 0.2) is 5.75 Å². The molecule has 1 fully saturated rings. The van der Waals surface area contributed by atoms with Crippen LogP contribution in [0.4, 0.5) is 5.69 Å². The number of anilines is 1. The van der Waals surface area contributed by atoms with E-state index in [1.54, 1.807) is 24.3 Å². The number of nitrogens with zero attached hydrogens (tertiary/aromatic N) is 3. The Morgan fingerprint density at radius 1 is 1.08 bits per heavy atom. The molecule has 1 saturated heterocycles. The average Bonchev–Trinajstić information content (AvgIpc) is 3.35. The minimum atomic E-state index is -0.201. The molecule has 9 heteroatoms. The standard InChI is InChI=1S/C27H24Cl2N4O3/c28-19-12-13-24(35-20-8-2-1-3-9-20)23(15-19)30-27(34)18-7-6-14-33(16-18)17-25-31-26(32-36-25)21-10-4-5-11-22(21)29/h1-5,8-13,15,18H,6-7,14,16-17H2,(H,30,34). The molecule has 1 unspecified atom stereocenters. The third-order valence-electron chi connectivity index (χ3n) is 5.99. The highest BCUT2D eigenvalue weighted by molar-refractivity contribution is 6.33. The lowest BCUT2D eigenvalue weighted by molar-refractivity contribution is -0.121. The number of likely N-dealkylation sites (tertiary alicyclic amines) is 1. The topological polar surface area (TPSA) is 80.5 Å². The Labute approximate surface area is 219 Å². The SMILES string of the molecule is O=C(Nc1cc(Cl)ccc1Oc1ccccc1)C1CCCN(Cc2nc(-c3ccccc3Cl)no2)C1. The highest BCUT2D eigenvalue weighted by atomic mass is 35.5. The summed E-state index contributed by atoms with van der Waals surface area (Å²) < 4.78 is 11.4. The van der Waals surface area contributed by atoms with Gasteiger partial charge in [0.2, 0.25) is 17.6 Å². The first-order valence-electron chi connectivity index (χ1n) is 11.7. The van der Waals surface area contributed by atoms with Crippen LogP contribution in [0, 0.1) is 5.92 Å². The molecule has 184 valence electrons. The van der Waals surface area contributed by atoms with Crippen molar-refractivity contribution in [2.45, 2.75) is 19.4 Å². The lowest BCUT2D eigenvalue weighted by atomic mass is 9.97. The summed E-state index contributed by atoms with van der Waals surface area (Å²) in [4.78, 5) is 19.9. The van der Waals surface area contributed by atoms with Crippen LogP contribution >= 0.6 is 23.2 Å². The molecule has 0 aliphatic carbocycles. The van der Waals surface area contributed by atoms with Crippen LogP contribution in [0.1, 0.15) is 18.7 Å². The number of carbonyl (C=O) groups excluding carboxylic acids is 1. The van der Waals surface area contributed by atoms with Gasteiger partial charge in [-0.2, -0.15) is 4.98 Å². The summed E-state index contributed by atoms with van der Waals surface area (Å²) in [6.45, 7) is 1.87. The normalized spacial score (nSPS) is 16.0. The van der Waals surface area contributed by atoms with Crippen molar-refractivity contribution in [1.29, 1.82) is 0 Å². The quantitative estimate of drug-likeness (QED) is 0.291. The molecule has 0 radical (unpaired) electrons. The minimum Gasteiger partial charge on any atom is -0.455 e. The molecule has 1 N–H and O–H groups in total. The van der Waals surface area contributed by atoms with Crippen LogP contribution in [0.5, 0.6) is 11.5 Å². The Balaban J connectivity index is 1.24. The van der Waals surface area contributed by atoms with Crippen molar-refractivity contribution in [3.8, 4) is 22.9 Å². The van der Waals surface area contributed by atoms with Gasteiger partial charge in [-0.1, -0.05) is 58.7 Å². The van der Waals surface area contributed by atoms with Crippen molar-refractivity contribution in [3.05, 3.63) is 88.7 Å². The van der Waals surface area contributed by atoms with Gasteiger partial charge in [0.25, 0.3) is 0 Å². The van der Waals surface area contributed by atoms with E-state index in [9.17, 15) is 4.79 Å². The number of carbonyl (C=O) groups is 1. The highest BCUT2D eigenvalue weighted by Crippen LogP contribution is 2.33. The predicted octanol–water partition coefficient (Wildman–Crippen LogP) is 6.69. The summed E-state index contributed by atoms with van der Waals surface area (Å²) in [5.41, 5.74) is 1.26. The molecule has 1 aliphatic heterocycles. The summed E-state index contributed by atoms with van der Waals surface area (Å²) in [6.07, 6.45) is 1.67. The van der Waals surface area contributed by atoms with E-state index in [0.29, 0.717) is 52.0 Å². The first-order chi connectivity index (χ1) is 17.5. The number of rotatable bonds is 7. The third kappa shape index (κ3) is 5.87. The van der Waals surface area contributed by atoms with Crippen LogP contribution in [0.25, 0.3) is 11.4 Å². The number of nitrogens with one attached hydrogen (secondary N) is 1.